The fourth-order valence-electron chi connectivity index (χ4n) is 3.47. The van der Waals surface area contributed by atoms with Crippen LogP contribution in [0.5, 0.6) is 5.75 Å². The summed E-state index contributed by atoms with van der Waals surface area (Å²) in [5.74, 6) is 0.756. The van der Waals surface area contributed by atoms with Gasteiger partial charge >= 0.3 is 0 Å². The predicted octanol–water partition coefficient (Wildman–Crippen LogP) is 3.86. The molecule has 1 aliphatic heterocycles. The van der Waals surface area contributed by atoms with E-state index in [1.807, 2.05) is 24.3 Å². The van der Waals surface area contributed by atoms with Gasteiger partial charge in [-0.25, -0.2) is 8.42 Å². The lowest BCUT2D eigenvalue weighted by Crippen LogP contribution is -2.41. The van der Waals surface area contributed by atoms with Crippen LogP contribution in [0.2, 0.25) is 0 Å². The van der Waals surface area contributed by atoms with Crippen molar-refractivity contribution in [1.29, 1.82) is 0 Å². The summed E-state index contributed by atoms with van der Waals surface area (Å²) >= 11 is 0. The highest BCUT2D eigenvalue weighted by Gasteiger charge is 2.32. The molecule has 1 heterocycles. The van der Waals surface area contributed by atoms with Gasteiger partial charge in [0.15, 0.2) is 0 Å². The summed E-state index contributed by atoms with van der Waals surface area (Å²) < 4.78 is 32.2. The number of piperidine rings is 1. The van der Waals surface area contributed by atoms with Crippen molar-refractivity contribution in [3.63, 3.8) is 0 Å². The quantitative estimate of drug-likeness (QED) is 0.776. The molecule has 0 aromatic heterocycles. The van der Waals surface area contributed by atoms with Crippen LogP contribution >= 0.6 is 0 Å². The molecule has 1 amide bonds. The van der Waals surface area contributed by atoms with Crippen molar-refractivity contribution in [2.75, 3.05) is 25.5 Å². The highest BCUT2D eigenvalue weighted by Crippen LogP contribution is 2.26. The molecule has 7 heteroatoms. The van der Waals surface area contributed by atoms with Crippen molar-refractivity contribution in [3.05, 3.63) is 54.1 Å². The first-order chi connectivity index (χ1) is 13.8. The summed E-state index contributed by atoms with van der Waals surface area (Å²) in [7, 11) is -2.02. The van der Waals surface area contributed by atoms with E-state index in [4.69, 9.17) is 4.74 Å². The lowest BCUT2D eigenvalue weighted by atomic mass is 9.97. The molecule has 0 spiro atoms. The molecule has 1 N–H and O–H groups in total. The smallest absolute Gasteiger partial charge is 0.243 e. The second-order valence-electron chi connectivity index (χ2n) is 7.62. The second-order valence-corrected chi connectivity index (χ2v) is 9.56. The zero-order chi connectivity index (χ0) is 21.0. The minimum Gasteiger partial charge on any atom is -0.497 e. The highest BCUT2D eigenvalue weighted by molar-refractivity contribution is 7.89. The molecule has 0 aliphatic carbocycles. The van der Waals surface area contributed by atoms with Gasteiger partial charge in [0.1, 0.15) is 5.75 Å². The van der Waals surface area contributed by atoms with Gasteiger partial charge in [-0.3, -0.25) is 4.79 Å². The molecule has 0 unspecified atom stereocenters. The van der Waals surface area contributed by atoms with Gasteiger partial charge in [0.25, 0.3) is 0 Å². The molecule has 2 aromatic rings. The maximum absolute atomic E-state index is 12.8. The van der Waals surface area contributed by atoms with Crippen molar-refractivity contribution in [2.24, 2.45) is 5.92 Å². The molecule has 1 saturated heterocycles. The molecule has 156 valence electrons. The van der Waals surface area contributed by atoms with Crippen LogP contribution in [0, 0.1) is 5.92 Å². The van der Waals surface area contributed by atoms with Crippen LogP contribution in [0.25, 0.3) is 0 Å². The van der Waals surface area contributed by atoms with E-state index in [1.54, 1.807) is 31.4 Å². The van der Waals surface area contributed by atoms with Gasteiger partial charge in [0.2, 0.25) is 15.9 Å². The Balaban J connectivity index is 1.60. The summed E-state index contributed by atoms with van der Waals surface area (Å²) in [5.41, 5.74) is 1.96. The number of nitrogens with zero attached hydrogens (tertiary/aromatic N) is 1. The molecule has 0 radical (unpaired) electrons. The molecule has 2 aromatic carbocycles. The van der Waals surface area contributed by atoms with E-state index in [2.05, 4.69) is 19.2 Å². The van der Waals surface area contributed by atoms with E-state index in [-0.39, 0.29) is 16.7 Å². The van der Waals surface area contributed by atoms with Crippen molar-refractivity contribution in [3.8, 4) is 5.75 Å². The van der Waals surface area contributed by atoms with E-state index >= 15 is 0 Å². The predicted molar refractivity (Wildman–Crippen MR) is 114 cm³/mol. The Morgan fingerprint density at radius 1 is 1.10 bits per heavy atom. The van der Waals surface area contributed by atoms with Gasteiger partial charge < -0.3 is 10.1 Å². The number of sulfonamides is 1. The normalized spacial score (nSPS) is 16.0. The summed E-state index contributed by atoms with van der Waals surface area (Å²) in [5, 5.41) is 2.98. The minimum atomic E-state index is -3.56. The third-order valence-corrected chi connectivity index (χ3v) is 7.26. The van der Waals surface area contributed by atoms with Crippen LogP contribution < -0.4 is 10.1 Å². The monoisotopic (exact) mass is 416 g/mol. The van der Waals surface area contributed by atoms with Crippen molar-refractivity contribution in [1.82, 2.24) is 4.31 Å². The Morgan fingerprint density at radius 3 is 2.34 bits per heavy atom. The standard InChI is InChI=1S/C22H28N2O4S/c1-16(2)18-5-4-6-19(15-18)23-22(25)17-11-13-24(14-12-17)29(26,27)21-9-7-20(28-3)8-10-21/h4-10,15-17H,11-14H2,1-3H3,(H,23,25). The molecule has 6 nitrogen and oxygen atoms in total. The average Bonchev–Trinajstić information content (AvgIpc) is 2.74. The zero-order valence-corrected chi connectivity index (χ0v) is 17.9. The topological polar surface area (TPSA) is 75.7 Å². The first-order valence-corrected chi connectivity index (χ1v) is 11.3. The Hall–Kier alpha value is -2.38. The molecule has 3 rings (SSSR count). The summed E-state index contributed by atoms with van der Waals surface area (Å²) in [6.45, 7) is 4.89. The number of anilines is 1. The van der Waals surface area contributed by atoms with Gasteiger partial charge in [-0.1, -0.05) is 26.0 Å². The summed E-state index contributed by atoms with van der Waals surface area (Å²) in [6.07, 6.45) is 1.01. The maximum Gasteiger partial charge on any atom is 0.243 e. The lowest BCUT2D eigenvalue weighted by Gasteiger charge is -2.30. The van der Waals surface area contributed by atoms with Gasteiger partial charge in [-0.15, -0.1) is 0 Å². The van der Waals surface area contributed by atoms with Crippen LogP contribution in [0.15, 0.2) is 53.4 Å². The van der Waals surface area contributed by atoms with E-state index < -0.39 is 10.0 Å². The number of hydrogen-bond acceptors (Lipinski definition) is 4. The minimum absolute atomic E-state index is 0.0487. The molecule has 0 saturated carbocycles. The molecule has 0 bridgehead atoms. The van der Waals surface area contributed by atoms with E-state index in [1.165, 1.54) is 9.87 Å². The summed E-state index contributed by atoms with van der Waals surface area (Å²) in [6, 6.07) is 14.2. The van der Waals surface area contributed by atoms with Gasteiger partial charge in [-0.05, 0) is 60.7 Å². The Labute approximate surface area is 172 Å². The number of ether oxygens (including phenoxy) is 1. The number of carbonyl (C=O) groups is 1. The number of rotatable bonds is 6. The number of carbonyl (C=O) groups excluding carboxylic acids is 1. The van der Waals surface area contributed by atoms with Crippen molar-refractivity contribution < 1.29 is 17.9 Å². The largest absolute Gasteiger partial charge is 0.497 e. The van der Waals surface area contributed by atoms with Crippen molar-refractivity contribution >= 4 is 21.6 Å². The average molecular weight is 417 g/mol. The molecular formula is C22H28N2O4S. The van der Waals surface area contributed by atoms with Crippen molar-refractivity contribution in [2.45, 2.75) is 37.5 Å². The zero-order valence-electron chi connectivity index (χ0n) is 17.1. The van der Waals surface area contributed by atoms with E-state index in [0.29, 0.717) is 37.6 Å². The van der Waals surface area contributed by atoms with Crippen LogP contribution in [0.1, 0.15) is 38.2 Å². The maximum atomic E-state index is 12.8. The summed E-state index contributed by atoms with van der Waals surface area (Å²) in [4.78, 5) is 12.9. The van der Waals surface area contributed by atoms with Crippen LogP contribution in [0.4, 0.5) is 5.69 Å². The number of methoxy groups -OCH3 is 1. The molecule has 0 atom stereocenters. The second kappa shape index (κ2) is 8.97. The van der Waals surface area contributed by atoms with Gasteiger partial charge in [0, 0.05) is 24.7 Å². The van der Waals surface area contributed by atoms with Crippen LogP contribution in [-0.4, -0.2) is 38.8 Å². The van der Waals surface area contributed by atoms with Crippen LogP contribution in [0.3, 0.4) is 0 Å². The number of amides is 1. The van der Waals surface area contributed by atoms with Gasteiger partial charge in [-0.2, -0.15) is 4.31 Å². The lowest BCUT2D eigenvalue weighted by molar-refractivity contribution is -0.120. The van der Waals surface area contributed by atoms with Crippen LogP contribution in [-0.2, 0) is 14.8 Å². The Morgan fingerprint density at radius 2 is 1.76 bits per heavy atom. The number of nitrogens with one attached hydrogen (secondary N) is 1. The third-order valence-electron chi connectivity index (χ3n) is 5.34. The SMILES string of the molecule is COc1ccc(S(=O)(=O)N2CCC(C(=O)Nc3cccc(C(C)C)c3)CC2)cc1. The first-order valence-electron chi connectivity index (χ1n) is 9.86. The van der Waals surface area contributed by atoms with E-state index in [9.17, 15) is 13.2 Å². The fourth-order valence-corrected chi connectivity index (χ4v) is 4.94. The molecular weight excluding hydrogens is 388 g/mol. The Kier molecular flexibility index (Phi) is 6.59. The molecule has 1 fully saturated rings. The number of hydrogen-bond donors (Lipinski definition) is 1. The Bertz CT molecular complexity index is 947. The van der Waals surface area contributed by atoms with E-state index in [0.717, 1.165) is 5.69 Å². The third kappa shape index (κ3) is 4.97. The first kappa shape index (κ1) is 21.3. The van der Waals surface area contributed by atoms with Gasteiger partial charge in [0.05, 0.1) is 12.0 Å². The fraction of sp³-hybridized carbons (Fsp3) is 0.409. The molecule has 1 aliphatic rings. The number of benzene rings is 2. The molecule has 29 heavy (non-hydrogen) atoms. The highest BCUT2D eigenvalue weighted by atomic mass is 32.2.